The SMILES string of the molecule is COc1ccc2c(O[C@@H]3C[C@@H](C=O)N(C(=O)[C@H](CCCCCCCC4C[C@]4(N)C(=O)O)NC(=O)NC(CN(C)S(=O)(=O)c4cccs4)C4CCCCC4)C3)cc(-c3csc(NC(C)C)n3)nc2c1. The summed E-state index contributed by atoms with van der Waals surface area (Å²) in [4.78, 5) is 64.3. The van der Waals surface area contributed by atoms with Crippen LogP contribution >= 0.6 is 22.7 Å². The summed E-state index contributed by atoms with van der Waals surface area (Å²) in [5.74, 6) is -0.210. The van der Waals surface area contributed by atoms with Gasteiger partial charge in [0.1, 0.15) is 45.4 Å². The van der Waals surface area contributed by atoms with E-state index in [0.29, 0.717) is 47.7 Å². The number of amides is 3. The molecule has 0 radical (unpaired) electrons. The molecule has 0 spiro atoms. The number of sulfonamides is 1. The molecule has 20 heteroatoms. The summed E-state index contributed by atoms with van der Waals surface area (Å²) >= 11 is 2.61. The number of methoxy groups -OCH3 is 1. The number of unbranched alkanes of at least 4 members (excludes halogenated alkanes) is 4. The van der Waals surface area contributed by atoms with Crippen LogP contribution in [0.2, 0.25) is 0 Å². The quantitative estimate of drug-likeness (QED) is 0.0344. The topological polar surface area (TPSA) is 235 Å². The number of anilines is 1. The number of pyridine rings is 1. The van der Waals surface area contributed by atoms with Gasteiger partial charge in [-0.3, -0.25) is 9.59 Å². The Morgan fingerprint density at radius 1 is 1.03 bits per heavy atom. The molecule has 370 valence electrons. The summed E-state index contributed by atoms with van der Waals surface area (Å²) in [7, 11) is -0.679. The van der Waals surface area contributed by atoms with Gasteiger partial charge in [0.15, 0.2) is 5.13 Å². The first-order valence-electron chi connectivity index (χ1n) is 23.8. The number of thiazole rings is 1. The number of rotatable bonds is 24. The lowest BCUT2D eigenvalue weighted by Crippen LogP contribution is -2.56. The Hall–Kier alpha value is -4.89. The number of fused-ring (bicyclic) bond motifs is 1. The number of carboxylic acids is 1. The molecule has 0 bridgehead atoms. The van der Waals surface area contributed by atoms with E-state index in [1.807, 2.05) is 43.5 Å². The summed E-state index contributed by atoms with van der Waals surface area (Å²) in [5, 5.41) is 23.9. The molecule has 4 heterocycles. The minimum absolute atomic E-state index is 0.0158. The minimum Gasteiger partial charge on any atom is -0.497 e. The van der Waals surface area contributed by atoms with E-state index >= 15 is 0 Å². The molecule has 1 aliphatic heterocycles. The average molecular weight is 995 g/mol. The minimum atomic E-state index is -3.79. The molecule has 3 amide bonds. The molecule has 3 fully saturated rings. The van der Waals surface area contributed by atoms with Crippen LogP contribution in [0.5, 0.6) is 11.5 Å². The highest BCUT2D eigenvalue weighted by molar-refractivity contribution is 7.91. The normalized spacial score (nSPS) is 21.7. The number of hydrogen-bond donors (Lipinski definition) is 5. The van der Waals surface area contributed by atoms with Crippen molar-refractivity contribution in [3.8, 4) is 22.9 Å². The number of aliphatic carboxylic acids is 1. The summed E-state index contributed by atoms with van der Waals surface area (Å²) in [5.41, 5.74) is 6.74. The predicted molar refractivity (Wildman–Crippen MR) is 264 cm³/mol. The first kappa shape index (κ1) is 51.0. The molecule has 7 rings (SSSR count). The Bertz CT molecular complexity index is 2480. The smallest absolute Gasteiger partial charge is 0.323 e. The molecule has 4 aromatic rings. The maximum Gasteiger partial charge on any atom is 0.323 e. The molecule has 2 saturated carbocycles. The zero-order valence-corrected chi connectivity index (χ0v) is 41.8. The number of nitrogens with zero attached hydrogens (tertiary/aromatic N) is 4. The monoisotopic (exact) mass is 994 g/mol. The van der Waals surface area contributed by atoms with Gasteiger partial charge in [-0.25, -0.2) is 23.2 Å². The van der Waals surface area contributed by atoms with Gasteiger partial charge in [-0.1, -0.05) is 57.4 Å². The number of carbonyl (C=O) groups excluding carboxylic acids is 3. The maximum absolute atomic E-state index is 14.7. The largest absolute Gasteiger partial charge is 0.497 e. The predicted octanol–water partition coefficient (Wildman–Crippen LogP) is 7.27. The van der Waals surface area contributed by atoms with E-state index in [1.165, 1.54) is 27.6 Å². The van der Waals surface area contributed by atoms with E-state index in [-0.39, 0.29) is 41.6 Å². The van der Waals surface area contributed by atoms with Crippen LogP contribution in [0.1, 0.15) is 104 Å². The Morgan fingerprint density at radius 2 is 1.79 bits per heavy atom. The van der Waals surface area contributed by atoms with Gasteiger partial charge >= 0.3 is 12.0 Å². The molecule has 1 saturated heterocycles. The number of carbonyl (C=O) groups is 4. The van der Waals surface area contributed by atoms with Crippen molar-refractivity contribution in [1.29, 1.82) is 0 Å². The van der Waals surface area contributed by atoms with Crippen molar-refractivity contribution < 1.29 is 42.2 Å². The third kappa shape index (κ3) is 12.5. The van der Waals surface area contributed by atoms with Crippen molar-refractivity contribution in [1.82, 2.24) is 29.8 Å². The number of aromatic nitrogens is 2. The number of nitrogens with two attached hydrogens (primary N) is 1. The highest BCUT2D eigenvalue weighted by atomic mass is 32.2. The second-order valence-corrected chi connectivity index (χ2v) is 23.0. The van der Waals surface area contributed by atoms with Gasteiger partial charge in [-0.05, 0) is 81.4 Å². The van der Waals surface area contributed by atoms with Crippen LogP contribution in [-0.4, -0.2) is 120 Å². The Balaban J connectivity index is 1.07. The number of hydrogen-bond acceptors (Lipinski definition) is 14. The van der Waals surface area contributed by atoms with Gasteiger partial charge in [0.25, 0.3) is 10.0 Å². The summed E-state index contributed by atoms with van der Waals surface area (Å²) in [6.07, 6.45) is 10.6. The Morgan fingerprint density at radius 3 is 2.49 bits per heavy atom. The zero-order valence-electron chi connectivity index (χ0n) is 39.4. The van der Waals surface area contributed by atoms with Gasteiger partial charge in [0, 0.05) is 55.0 Å². The number of ether oxygens (including phenoxy) is 2. The van der Waals surface area contributed by atoms with Crippen LogP contribution in [0, 0.1) is 11.8 Å². The van der Waals surface area contributed by atoms with E-state index in [0.717, 1.165) is 92.3 Å². The molecule has 2 unspecified atom stereocenters. The van der Waals surface area contributed by atoms with Crippen LogP contribution in [-0.2, 0) is 24.4 Å². The number of thiophene rings is 1. The maximum atomic E-state index is 14.7. The van der Waals surface area contributed by atoms with Crippen LogP contribution in [0.25, 0.3) is 22.3 Å². The molecule has 2 aliphatic carbocycles. The van der Waals surface area contributed by atoms with E-state index < -0.39 is 57.7 Å². The number of likely N-dealkylation sites (tertiary alicyclic amines) is 1. The summed E-state index contributed by atoms with van der Waals surface area (Å²) in [6.45, 7) is 4.23. The fraction of sp³-hybridized carbons (Fsp3) is 0.583. The van der Waals surface area contributed by atoms with Crippen LogP contribution in [0.3, 0.4) is 0 Å². The lowest BCUT2D eigenvalue weighted by molar-refractivity contribution is -0.140. The number of nitrogens with one attached hydrogen (secondary N) is 3. The molecule has 6 N–H and O–H groups in total. The van der Waals surface area contributed by atoms with Gasteiger partial charge < -0.3 is 46.0 Å². The lowest BCUT2D eigenvalue weighted by Gasteiger charge is -2.34. The summed E-state index contributed by atoms with van der Waals surface area (Å²) in [6, 6.07) is 7.88. The molecule has 6 atom stereocenters. The molecule has 3 aromatic heterocycles. The zero-order chi connectivity index (χ0) is 48.6. The van der Waals surface area contributed by atoms with Crippen molar-refractivity contribution in [2.75, 3.05) is 32.6 Å². The van der Waals surface area contributed by atoms with Crippen molar-refractivity contribution in [2.24, 2.45) is 17.6 Å². The number of urea groups is 1. The molecule has 17 nitrogen and oxygen atoms in total. The van der Waals surface area contributed by atoms with Crippen LogP contribution in [0.15, 0.2) is 51.4 Å². The molecule has 3 aliphatic rings. The van der Waals surface area contributed by atoms with E-state index in [9.17, 15) is 32.7 Å². The van der Waals surface area contributed by atoms with Crippen LogP contribution in [0.4, 0.5) is 9.93 Å². The lowest BCUT2D eigenvalue weighted by atomic mass is 9.84. The Kier molecular flexibility index (Phi) is 17.0. The van der Waals surface area contributed by atoms with Crippen molar-refractivity contribution in [2.45, 2.75) is 144 Å². The summed E-state index contributed by atoms with van der Waals surface area (Å²) < 4.78 is 40.7. The number of benzene rings is 1. The highest BCUT2D eigenvalue weighted by Gasteiger charge is 2.56. The van der Waals surface area contributed by atoms with Crippen LogP contribution < -0.4 is 31.2 Å². The standard InChI is InChI=1S/C48H66N8O9S3/c1-30(2)50-47-54-41(29-67-47)39-24-42(36-20-19-34(64-4)23-38(36)51-39)65-35-22-33(28-57)56(26-35)44(58)37(17-12-7-5-6-11-16-32-25-48(32,49)45(59)60)52-46(61)53-40(31-14-9-8-10-15-31)27-55(3)68(62,63)43-18-13-21-66-43/h13,18-21,23-24,28-33,35,37,40H,5-12,14-17,22,25-27,49H2,1-4H3,(H,50,54)(H,59,60)(H2,52,53,61)/t32?,33-,35+,37-,40?,48+/m0/s1. The molecular formula is C48H66N8O9S3. The fourth-order valence-electron chi connectivity index (χ4n) is 9.56. The number of carboxylic acid groups (broad SMARTS) is 1. The van der Waals surface area contributed by atoms with Crippen molar-refractivity contribution >= 4 is 72.9 Å². The van der Waals surface area contributed by atoms with E-state index in [2.05, 4.69) is 16.0 Å². The Labute approximate surface area is 407 Å². The first-order valence-corrected chi connectivity index (χ1v) is 27.0. The average Bonchev–Trinajstić information content (AvgIpc) is 3.82. The second kappa shape index (κ2) is 22.7. The highest BCUT2D eigenvalue weighted by Crippen LogP contribution is 2.45. The van der Waals surface area contributed by atoms with Gasteiger partial charge in [0.2, 0.25) is 5.91 Å². The van der Waals surface area contributed by atoms with E-state index in [1.54, 1.807) is 24.6 Å². The van der Waals surface area contributed by atoms with Crippen molar-refractivity contribution in [3.05, 3.63) is 47.2 Å². The number of likely N-dealkylation sites (N-methyl/N-ethyl adjacent to an activating group) is 1. The molecule has 1 aromatic carbocycles. The molecule has 68 heavy (non-hydrogen) atoms. The third-order valence-corrected chi connectivity index (χ3v) is 17.5. The van der Waals surface area contributed by atoms with E-state index in [4.69, 9.17) is 25.2 Å². The second-order valence-electron chi connectivity index (χ2n) is 18.9. The first-order chi connectivity index (χ1) is 32.6. The third-order valence-electron chi connectivity index (χ3n) is 13.5. The fourth-order valence-corrected chi connectivity index (χ4v) is 12.8. The van der Waals surface area contributed by atoms with Gasteiger partial charge in [0.05, 0.1) is 30.9 Å². The number of aldehydes is 1. The van der Waals surface area contributed by atoms with Gasteiger partial charge in [-0.15, -0.1) is 22.7 Å². The molecular weight excluding hydrogens is 929 g/mol. The van der Waals surface area contributed by atoms with Gasteiger partial charge in [-0.2, -0.15) is 4.31 Å². The van der Waals surface area contributed by atoms with Crippen molar-refractivity contribution in [3.63, 3.8) is 0 Å².